The summed E-state index contributed by atoms with van der Waals surface area (Å²) in [6.07, 6.45) is 7.13. The zero-order chi connectivity index (χ0) is 18.7. The Labute approximate surface area is 162 Å². The third kappa shape index (κ3) is 3.91. The molecular weight excluding hydrogens is 368 g/mol. The van der Waals surface area contributed by atoms with Crippen molar-refractivity contribution < 1.29 is 9.53 Å². The normalized spacial score (nSPS) is 13.7. The van der Waals surface area contributed by atoms with E-state index in [9.17, 15) is 4.79 Å². The smallest absolute Gasteiger partial charge is 0.341 e. The predicted molar refractivity (Wildman–Crippen MR) is 109 cm³/mol. The largest absolute Gasteiger partial charge is 0.462 e. The molecule has 0 saturated carbocycles. The van der Waals surface area contributed by atoms with E-state index in [0.29, 0.717) is 17.3 Å². The van der Waals surface area contributed by atoms with Gasteiger partial charge in [-0.05, 0) is 57.3 Å². The summed E-state index contributed by atoms with van der Waals surface area (Å²) in [5.41, 5.74) is 3.62. The van der Waals surface area contributed by atoms with Gasteiger partial charge in [0.1, 0.15) is 5.00 Å². The minimum absolute atomic E-state index is 0.269. The van der Waals surface area contributed by atoms with Gasteiger partial charge in [0.2, 0.25) is 0 Å². The predicted octanol–water partition coefficient (Wildman–Crippen LogP) is 4.04. The highest BCUT2D eigenvalue weighted by molar-refractivity contribution is 7.80. The van der Waals surface area contributed by atoms with Crippen LogP contribution in [0, 0.1) is 6.92 Å². The Morgan fingerprint density at radius 3 is 2.81 bits per heavy atom. The number of aromatic nitrogens is 2. The van der Waals surface area contributed by atoms with Crippen LogP contribution in [0.3, 0.4) is 0 Å². The van der Waals surface area contributed by atoms with E-state index in [2.05, 4.69) is 15.7 Å². The van der Waals surface area contributed by atoms with Gasteiger partial charge in [0.25, 0.3) is 0 Å². The van der Waals surface area contributed by atoms with Gasteiger partial charge in [-0.1, -0.05) is 6.42 Å². The topological polar surface area (TPSA) is 68.2 Å². The van der Waals surface area contributed by atoms with Crippen LogP contribution in [-0.2, 0) is 24.6 Å². The SMILES string of the molecule is CCOC(=O)c1c(NC(=S)Nc2cnn(C)c2C)sc2c1CCCCC2. The molecule has 2 aromatic rings. The third-order valence-electron chi connectivity index (χ3n) is 4.61. The molecule has 8 heteroatoms. The van der Waals surface area contributed by atoms with Gasteiger partial charge in [0.05, 0.1) is 29.7 Å². The maximum atomic E-state index is 12.6. The van der Waals surface area contributed by atoms with Crippen LogP contribution in [0.2, 0.25) is 0 Å². The van der Waals surface area contributed by atoms with Crippen LogP contribution in [0.4, 0.5) is 10.7 Å². The summed E-state index contributed by atoms with van der Waals surface area (Å²) in [5.74, 6) is -0.269. The Kier molecular flexibility index (Phi) is 5.93. The highest BCUT2D eigenvalue weighted by Gasteiger charge is 2.26. The van der Waals surface area contributed by atoms with Crippen molar-refractivity contribution in [3.63, 3.8) is 0 Å². The first-order valence-electron chi connectivity index (χ1n) is 8.89. The molecule has 6 nitrogen and oxygen atoms in total. The Bertz CT molecular complexity index is 826. The summed E-state index contributed by atoms with van der Waals surface area (Å²) >= 11 is 7.08. The summed E-state index contributed by atoms with van der Waals surface area (Å²) in [5, 5.41) is 11.8. The summed E-state index contributed by atoms with van der Waals surface area (Å²) in [6.45, 7) is 4.16. The van der Waals surface area contributed by atoms with Crippen LogP contribution in [0.5, 0.6) is 0 Å². The Morgan fingerprint density at radius 1 is 1.35 bits per heavy atom. The van der Waals surface area contributed by atoms with E-state index in [1.165, 1.54) is 11.3 Å². The second-order valence-electron chi connectivity index (χ2n) is 6.34. The standard InChI is InChI=1S/C18H24N4O2S2/c1-4-24-17(23)15-12-8-6-5-7-9-14(12)26-16(15)21-18(25)20-13-10-19-22(3)11(13)2/h10H,4-9H2,1-3H3,(H2,20,21,25). The molecule has 0 aromatic carbocycles. The van der Waals surface area contributed by atoms with Gasteiger partial charge in [-0.2, -0.15) is 5.10 Å². The molecule has 1 aliphatic rings. The summed E-state index contributed by atoms with van der Waals surface area (Å²) in [7, 11) is 1.88. The average Bonchev–Trinajstić information content (AvgIpc) is 2.99. The molecule has 0 amide bonds. The number of thiocarbonyl (C=S) groups is 1. The zero-order valence-electron chi connectivity index (χ0n) is 15.3. The van der Waals surface area contributed by atoms with Crippen LogP contribution in [0.25, 0.3) is 0 Å². The summed E-state index contributed by atoms with van der Waals surface area (Å²) in [6, 6.07) is 0. The fraction of sp³-hybridized carbons (Fsp3) is 0.500. The van der Waals surface area contributed by atoms with E-state index >= 15 is 0 Å². The molecular formula is C18H24N4O2S2. The number of hydrogen-bond donors (Lipinski definition) is 2. The van der Waals surface area contributed by atoms with Crippen molar-refractivity contribution in [1.82, 2.24) is 9.78 Å². The van der Waals surface area contributed by atoms with Gasteiger partial charge in [0.15, 0.2) is 5.11 Å². The Balaban J connectivity index is 1.85. The molecule has 0 radical (unpaired) electrons. The zero-order valence-corrected chi connectivity index (χ0v) is 17.0. The summed E-state index contributed by atoms with van der Waals surface area (Å²) < 4.78 is 7.09. The second-order valence-corrected chi connectivity index (χ2v) is 7.85. The number of hydrogen-bond acceptors (Lipinski definition) is 5. The van der Waals surface area contributed by atoms with Gasteiger partial charge in [0, 0.05) is 11.9 Å². The molecule has 0 bridgehead atoms. The minimum Gasteiger partial charge on any atom is -0.462 e. The number of carbonyl (C=O) groups is 1. The van der Waals surface area contributed by atoms with Crippen LogP contribution in [0.15, 0.2) is 6.20 Å². The number of anilines is 2. The van der Waals surface area contributed by atoms with Crippen molar-refractivity contribution >= 4 is 45.3 Å². The van der Waals surface area contributed by atoms with Crippen molar-refractivity contribution in [1.29, 1.82) is 0 Å². The number of nitrogens with one attached hydrogen (secondary N) is 2. The van der Waals surface area contributed by atoms with Gasteiger partial charge in [-0.15, -0.1) is 11.3 Å². The molecule has 2 N–H and O–H groups in total. The molecule has 1 aliphatic carbocycles. The lowest BCUT2D eigenvalue weighted by atomic mass is 10.1. The van der Waals surface area contributed by atoms with E-state index in [1.807, 2.05) is 20.9 Å². The van der Waals surface area contributed by atoms with Crippen LogP contribution in [-0.4, -0.2) is 27.5 Å². The number of aryl methyl sites for hydroxylation is 2. The maximum Gasteiger partial charge on any atom is 0.341 e. The highest BCUT2D eigenvalue weighted by Crippen LogP contribution is 2.38. The molecule has 0 fully saturated rings. The molecule has 0 aliphatic heterocycles. The lowest BCUT2D eigenvalue weighted by Gasteiger charge is -2.11. The van der Waals surface area contributed by atoms with Crippen LogP contribution < -0.4 is 10.6 Å². The second kappa shape index (κ2) is 8.18. The number of esters is 1. The average molecular weight is 393 g/mol. The third-order valence-corrected chi connectivity index (χ3v) is 6.02. The van der Waals surface area contributed by atoms with Gasteiger partial charge in [-0.25, -0.2) is 4.79 Å². The van der Waals surface area contributed by atoms with Crippen molar-refractivity contribution in [2.75, 3.05) is 17.2 Å². The van der Waals surface area contributed by atoms with Gasteiger partial charge in [-0.3, -0.25) is 4.68 Å². The Hall–Kier alpha value is -1.93. The number of thiophene rings is 1. The quantitative estimate of drug-likeness (QED) is 0.465. The fourth-order valence-corrected chi connectivity index (χ4v) is 4.69. The molecule has 0 saturated heterocycles. The van der Waals surface area contributed by atoms with E-state index in [0.717, 1.165) is 47.6 Å². The fourth-order valence-electron chi connectivity index (χ4n) is 3.13. The molecule has 2 heterocycles. The van der Waals surface area contributed by atoms with Crippen molar-refractivity contribution in [2.24, 2.45) is 7.05 Å². The molecule has 140 valence electrons. The van der Waals surface area contributed by atoms with Gasteiger partial charge >= 0.3 is 5.97 Å². The maximum absolute atomic E-state index is 12.6. The number of carbonyl (C=O) groups excluding carboxylic acids is 1. The minimum atomic E-state index is -0.269. The molecule has 2 aromatic heterocycles. The number of fused-ring (bicyclic) bond motifs is 1. The lowest BCUT2D eigenvalue weighted by molar-refractivity contribution is 0.0527. The van der Waals surface area contributed by atoms with Crippen molar-refractivity contribution in [3.8, 4) is 0 Å². The van der Waals surface area contributed by atoms with E-state index in [-0.39, 0.29) is 5.97 Å². The molecule has 0 spiro atoms. The molecule has 26 heavy (non-hydrogen) atoms. The van der Waals surface area contributed by atoms with E-state index in [4.69, 9.17) is 17.0 Å². The Morgan fingerprint density at radius 2 is 2.12 bits per heavy atom. The summed E-state index contributed by atoms with van der Waals surface area (Å²) in [4.78, 5) is 13.8. The molecule has 0 unspecified atom stereocenters. The van der Waals surface area contributed by atoms with Crippen molar-refractivity contribution in [3.05, 3.63) is 27.9 Å². The van der Waals surface area contributed by atoms with Crippen LogP contribution >= 0.6 is 23.6 Å². The first-order valence-corrected chi connectivity index (χ1v) is 10.1. The number of rotatable bonds is 4. The highest BCUT2D eigenvalue weighted by atomic mass is 32.1. The number of ether oxygens (including phenoxy) is 1. The lowest BCUT2D eigenvalue weighted by Crippen LogP contribution is -2.20. The molecule has 3 rings (SSSR count). The van der Waals surface area contributed by atoms with E-state index in [1.54, 1.807) is 22.2 Å². The van der Waals surface area contributed by atoms with Gasteiger partial charge < -0.3 is 15.4 Å². The first kappa shape index (κ1) is 18.8. The number of nitrogens with zero attached hydrogens (tertiary/aromatic N) is 2. The van der Waals surface area contributed by atoms with Crippen LogP contribution in [0.1, 0.15) is 52.7 Å². The monoisotopic (exact) mass is 392 g/mol. The van der Waals surface area contributed by atoms with Crippen molar-refractivity contribution in [2.45, 2.75) is 46.0 Å². The first-order chi connectivity index (χ1) is 12.5. The van der Waals surface area contributed by atoms with E-state index < -0.39 is 0 Å². The molecule has 0 atom stereocenters.